The molecule has 1 aromatic carbocycles. The van der Waals surface area contributed by atoms with Crippen LogP contribution in [-0.2, 0) is 0 Å². The molecule has 0 atom stereocenters. The molecule has 0 aliphatic heterocycles. The third kappa shape index (κ3) is 3.56. The second kappa shape index (κ2) is 6.39. The maximum Gasteiger partial charge on any atom is 0.170 e. The Hall–Kier alpha value is -1.36. The number of amidine groups is 1. The van der Waals surface area contributed by atoms with Gasteiger partial charge in [0, 0.05) is 30.6 Å². The highest BCUT2D eigenvalue weighted by molar-refractivity contribution is 7.98. The summed E-state index contributed by atoms with van der Waals surface area (Å²) in [7, 11) is 2.06. The molecule has 0 saturated carbocycles. The van der Waals surface area contributed by atoms with E-state index in [0.717, 1.165) is 29.1 Å². The van der Waals surface area contributed by atoms with Crippen molar-refractivity contribution in [3.8, 4) is 0 Å². The molecule has 0 amide bonds. The molecule has 0 unspecified atom stereocenters. The van der Waals surface area contributed by atoms with Crippen molar-refractivity contribution in [3.05, 3.63) is 29.3 Å². The Morgan fingerprint density at radius 2 is 2.24 bits per heavy atom. The number of thioether (sulfide) groups is 1. The highest BCUT2D eigenvalue weighted by Crippen LogP contribution is 2.18. The summed E-state index contributed by atoms with van der Waals surface area (Å²) < 4.78 is 0. The lowest BCUT2D eigenvalue weighted by Gasteiger charge is -2.20. The van der Waals surface area contributed by atoms with Crippen LogP contribution in [0.1, 0.15) is 11.1 Å². The zero-order valence-corrected chi connectivity index (χ0v) is 11.3. The van der Waals surface area contributed by atoms with Gasteiger partial charge in [-0.05, 0) is 36.9 Å². The predicted molar refractivity (Wildman–Crippen MR) is 75.3 cm³/mol. The van der Waals surface area contributed by atoms with Gasteiger partial charge in [-0.1, -0.05) is 5.16 Å². The number of hydrogen-bond donors (Lipinski definition) is 2. The average Bonchev–Trinajstić information content (AvgIpc) is 2.34. The fourth-order valence-corrected chi connectivity index (χ4v) is 2.04. The smallest absolute Gasteiger partial charge is 0.170 e. The quantitative estimate of drug-likeness (QED) is 0.364. The van der Waals surface area contributed by atoms with Gasteiger partial charge >= 0.3 is 0 Å². The molecule has 0 aromatic heterocycles. The molecule has 0 radical (unpaired) electrons. The van der Waals surface area contributed by atoms with E-state index in [1.165, 1.54) is 0 Å². The number of rotatable bonds is 5. The largest absolute Gasteiger partial charge is 0.409 e. The van der Waals surface area contributed by atoms with Gasteiger partial charge in [-0.2, -0.15) is 11.8 Å². The van der Waals surface area contributed by atoms with E-state index in [1.807, 2.05) is 36.9 Å². The first-order valence-electron chi connectivity index (χ1n) is 5.38. The van der Waals surface area contributed by atoms with Crippen LogP contribution in [0.25, 0.3) is 0 Å². The van der Waals surface area contributed by atoms with Crippen molar-refractivity contribution < 1.29 is 5.21 Å². The van der Waals surface area contributed by atoms with Crippen molar-refractivity contribution in [1.82, 2.24) is 0 Å². The lowest BCUT2D eigenvalue weighted by Crippen LogP contribution is -2.21. The zero-order valence-electron chi connectivity index (χ0n) is 10.5. The van der Waals surface area contributed by atoms with E-state index in [9.17, 15) is 0 Å². The van der Waals surface area contributed by atoms with Crippen LogP contribution in [0.5, 0.6) is 0 Å². The van der Waals surface area contributed by atoms with Gasteiger partial charge < -0.3 is 15.8 Å². The van der Waals surface area contributed by atoms with E-state index in [-0.39, 0.29) is 5.84 Å². The second-order valence-corrected chi connectivity index (χ2v) is 4.88. The first-order valence-corrected chi connectivity index (χ1v) is 6.78. The third-order valence-electron chi connectivity index (χ3n) is 2.67. The number of oxime groups is 1. The molecule has 1 rings (SSSR count). The molecule has 5 heteroatoms. The van der Waals surface area contributed by atoms with Gasteiger partial charge in [-0.3, -0.25) is 0 Å². The molecular formula is C12H19N3OS. The normalized spacial score (nSPS) is 11.6. The SMILES string of the molecule is CSCCN(C)c1ccc(/C(N)=N/O)c(C)c1. The third-order valence-corrected chi connectivity index (χ3v) is 3.26. The molecule has 0 aliphatic carbocycles. The Balaban J connectivity index is 2.88. The van der Waals surface area contributed by atoms with Crippen LogP contribution in [0.15, 0.2) is 23.4 Å². The second-order valence-electron chi connectivity index (χ2n) is 3.90. The molecule has 0 fully saturated rings. The Morgan fingerprint density at radius 1 is 1.53 bits per heavy atom. The standard InChI is InChI=1S/C12H19N3OS/c1-9-8-10(15(2)6-7-17-3)4-5-11(9)12(13)14-16/h4-5,8,16H,6-7H2,1-3H3,(H2,13,14). The van der Waals surface area contributed by atoms with Crippen molar-refractivity contribution in [2.24, 2.45) is 10.9 Å². The van der Waals surface area contributed by atoms with Crippen molar-refractivity contribution >= 4 is 23.3 Å². The van der Waals surface area contributed by atoms with Gasteiger partial charge in [0.25, 0.3) is 0 Å². The number of nitrogens with zero attached hydrogens (tertiary/aromatic N) is 2. The summed E-state index contributed by atoms with van der Waals surface area (Å²) in [6, 6.07) is 5.92. The molecule has 0 heterocycles. The predicted octanol–water partition coefficient (Wildman–Crippen LogP) is 1.89. The van der Waals surface area contributed by atoms with E-state index >= 15 is 0 Å². The molecule has 17 heavy (non-hydrogen) atoms. The van der Waals surface area contributed by atoms with Crippen molar-refractivity contribution in [3.63, 3.8) is 0 Å². The number of aryl methyl sites for hydroxylation is 1. The van der Waals surface area contributed by atoms with E-state index in [2.05, 4.69) is 23.4 Å². The van der Waals surface area contributed by atoms with Crippen molar-refractivity contribution in [2.75, 3.05) is 30.5 Å². The highest BCUT2D eigenvalue weighted by atomic mass is 32.2. The average molecular weight is 253 g/mol. The minimum absolute atomic E-state index is 0.154. The van der Waals surface area contributed by atoms with Crippen LogP contribution >= 0.6 is 11.8 Å². The van der Waals surface area contributed by atoms with Crippen LogP contribution < -0.4 is 10.6 Å². The summed E-state index contributed by atoms with van der Waals surface area (Å²) in [5.41, 5.74) is 8.51. The van der Waals surface area contributed by atoms with Crippen LogP contribution in [0.2, 0.25) is 0 Å². The Bertz CT molecular complexity index is 407. The first-order chi connectivity index (χ1) is 8.10. The van der Waals surface area contributed by atoms with Gasteiger partial charge in [0.05, 0.1) is 0 Å². The zero-order chi connectivity index (χ0) is 12.8. The van der Waals surface area contributed by atoms with Gasteiger partial charge in [-0.25, -0.2) is 0 Å². The summed E-state index contributed by atoms with van der Waals surface area (Å²) in [6.07, 6.45) is 2.10. The van der Waals surface area contributed by atoms with Crippen LogP contribution in [0.4, 0.5) is 5.69 Å². The number of benzene rings is 1. The molecule has 0 saturated heterocycles. The summed E-state index contributed by atoms with van der Waals surface area (Å²) in [4.78, 5) is 2.19. The molecule has 94 valence electrons. The molecule has 0 bridgehead atoms. The van der Waals surface area contributed by atoms with Crippen LogP contribution in [0.3, 0.4) is 0 Å². The maximum absolute atomic E-state index is 8.66. The van der Waals surface area contributed by atoms with Crippen LogP contribution in [0, 0.1) is 6.92 Å². The molecular weight excluding hydrogens is 234 g/mol. The number of hydrogen-bond acceptors (Lipinski definition) is 4. The fourth-order valence-electron chi connectivity index (χ4n) is 1.58. The molecule has 4 nitrogen and oxygen atoms in total. The maximum atomic E-state index is 8.66. The lowest BCUT2D eigenvalue weighted by atomic mass is 10.1. The number of nitrogens with two attached hydrogens (primary N) is 1. The van der Waals surface area contributed by atoms with E-state index in [1.54, 1.807) is 0 Å². The molecule has 0 aliphatic rings. The minimum Gasteiger partial charge on any atom is -0.409 e. The van der Waals surface area contributed by atoms with Crippen molar-refractivity contribution in [2.45, 2.75) is 6.92 Å². The molecule has 3 N–H and O–H groups in total. The summed E-state index contributed by atoms with van der Waals surface area (Å²) in [5, 5.41) is 11.7. The van der Waals surface area contributed by atoms with Crippen molar-refractivity contribution in [1.29, 1.82) is 0 Å². The Morgan fingerprint density at radius 3 is 2.76 bits per heavy atom. The number of anilines is 1. The van der Waals surface area contributed by atoms with Crippen LogP contribution in [-0.4, -0.2) is 36.6 Å². The van der Waals surface area contributed by atoms with Gasteiger partial charge in [0.15, 0.2) is 5.84 Å². The van der Waals surface area contributed by atoms with E-state index in [0.29, 0.717) is 0 Å². The highest BCUT2D eigenvalue weighted by Gasteiger charge is 2.06. The fraction of sp³-hybridized carbons (Fsp3) is 0.417. The Labute approximate surface area is 106 Å². The molecule has 1 aromatic rings. The monoisotopic (exact) mass is 253 g/mol. The van der Waals surface area contributed by atoms with E-state index in [4.69, 9.17) is 10.9 Å². The summed E-state index contributed by atoms with van der Waals surface area (Å²) in [5.74, 6) is 1.25. The summed E-state index contributed by atoms with van der Waals surface area (Å²) in [6.45, 7) is 2.96. The summed E-state index contributed by atoms with van der Waals surface area (Å²) >= 11 is 1.83. The van der Waals surface area contributed by atoms with Gasteiger partial charge in [0.2, 0.25) is 0 Å². The Kier molecular flexibility index (Phi) is 5.15. The minimum atomic E-state index is 0.154. The molecule has 0 spiro atoms. The first kappa shape index (κ1) is 13.7. The van der Waals surface area contributed by atoms with E-state index < -0.39 is 0 Å². The lowest BCUT2D eigenvalue weighted by molar-refractivity contribution is 0.318. The topological polar surface area (TPSA) is 61.8 Å². The van der Waals surface area contributed by atoms with Gasteiger partial charge in [-0.15, -0.1) is 0 Å². The van der Waals surface area contributed by atoms with Gasteiger partial charge in [0.1, 0.15) is 0 Å².